The van der Waals surface area contributed by atoms with E-state index in [0.29, 0.717) is 19.8 Å². The lowest BCUT2D eigenvalue weighted by molar-refractivity contribution is 0.228. The van der Waals surface area contributed by atoms with E-state index < -0.39 is 0 Å². The molecule has 0 fully saturated rings. The maximum absolute atomic E-state index is 5.93. The summed E-state index contributed by atoms with van der Waals surface area (Å²) in [5.41, 5.74) is 7.03. The van der Waals surface area contributed by atoms with Gasteiger partial charge in [-0.05, 0) is 65.4 Å². The van der Waals surface area contributed by atoms with Crippen molar-refractivity contribution in [2.75, 3.05) is 19.8 Å². The molecule has 20 heavy (non-hydrogen) atoms. The predicted molar refractivity (Wildman–Crippen MR) is 87.6 cm³/mol. The van der Waals surface area contributed by atoms with Gasteiger partial charge in [0.1, 0.15) is 0 Å². The number of hydrogen-bond acceptors (Lipinski definition) is 3. The highest BCUT2D eigenvalue weighted by molar-refractivity contribution is 9.10. The van der Waals surface area contributed by atoms with Crippen molar-refractivity contribution in [3.63, 3.8) is 0 Å². The average molecular weight is 344 g/mol. The highest BCUT2D eigenvalue weighted by Gasteiger charge is 2.15. The summed E-state index contributed by atoms with van der Waals surface area (Å²) in [4.78, 5) is 0. The summed E-state index contributed by atoms with van der Waals surface area (Å²) in [7, 11) is 0. The van der Waals surface area contributed by atoms with Crippen molar-refractivity contribution < 1.29 is 9.47 Å². The Morgan fingerprint density at radius 2 is 1.90 bits per heavy atom. The monoisotopic (exact) mass is 343 g/mol. The van der Waals surface area contributed by atoms with Crippen molar-refractivity contribution in [3.05, 3.63) is 22.2 Å². The van der Waals surface area contributed by atoms with Crippen LogP contribution in [-0.2, 0) is 6.42 Å². The molecule has 3 nitrogen and oxygen atoms in total. The van der Waals surface area contributed by atoms with Gasteiger partial charge in [0.2, 0.25) is 0 Å². The zero-order valence-electron chi connectivity index (χ0n) is 13.0. The highest BCUT2D eigenvalue weighted by Crippen LogP contribution is 2.37. The Bertz CT molecular complexity index is 427. The SMILES string of the molecule is CCOc1cc(CCN)cc(Br)c1OCCC(C)(C)C. The number of hydrogen-bond donors (Lipinski definition) is 1. The lowest BCUT2D eigenvalue weighted by Crippen LogP contribution is -2.12. The minimum Gasteiger partial charge on any atom is -0.490 e. The van der Waals surface area contributed by atoms with Crippen LogP contribution in [0.5, 0.6) is 11.5 Å². The van der Waals surface area contributed by atoms with Gasteiger partial charge in [-0.1, -0.05) is 20.8 Å². The summed E-state index contributed by atoms with van der Waals surface area (Å²) >= 11 is 3.57. The Morgan fingerprint density at radius 3 is 2.45 bits per heavy atom. The fraction of sp³-hybridized carbons (Fsp3) is 0.625. The number of benzene rings is 1. The summed E-state index contributed by atoms with van der Waals surface area (Å²) < 4.78 is 12.5. The van der Waals surface area contributed by atoms with Crippen LogP contribution >= 0.6 is 15.9 Å². The van der Waals surface area contributed by atoms with Crippen molar-refractivity contribution in [1.29, 1.82) is 0 Å². The Morgan fingerprint density at radius 1 is 1.20 bits per heavy atom. The summed E-state index contributed by atoms with van der Waals surface area (Å²) in [5.74, 6) is 1.58. The van der Waals surface area contributed by atoms with Gasteiger partial charge in [-0.2, -0.15) is 0 Å². The first-order valence-electron chi connectivity index (χ1n) is 7.15. The highest BCUT2D eigenvalue weighted by atomic mass is 79.9. The standard InChI is InChI=1S/C16H26BrNO2/c1-5-19-14-11-12(6-8-18)10-13(17)15(14)20-9-7-16(2,3)4/h10-11H,5-9,18H2,1-4H3. The van der Waals surface area contributed by atoms with Crippen LogP contribution in [0.4, 0.5) is 0 Å². The van der Waals surface area contributed by atoms with Gasteiger partial charge in [0.25, 0.3) is 0 Å². The number of halogens is 1. The van der Waals surface area contributed by atoms with Gasteiger partial charge in [-0.25, -0.2) is 0 Å². The smallest absolute Gasteiger partial charge is 0.175 e. The fourth-order valence-electron chi connectivity index (χ4n) is 1.79. The van der Waals surface area contributed by atoms with Crippen molar-refractivity contribution >= 4 is 15.9 Å². The van der Waals surface area contributed by atoms with Gasteiger partial charge < -0.3 is 15.2 Å². The van der Waals surface area contributed by atoms with Crippen LogP contribution in [0.25, 0.3) is 0 Å². The van der Waals surface area contributed by atoms with Crippen LogP contribution in [-0.4, -0.2) is 19.8 Å². The Labute approximate surface area is 131 Å². The number of nitrogens with two attached hydrogens (primary N) is 1. The van der Waals surface area contributed by atoms with Crippen molar-refractivity contribution in [2.45, 2.75) is 40.5 Å². The number of ether oxygens (including phenoxy) is 2. The molecule has 0 aliphatic heterocycles. The van der Waals surface area contributed by atoms with Crippen LogP contribution in [0.2, 0.25) is 0 Å². The van der Waals surface area contributed by atoms with Crippen LogP contribution in [0, 0.1) is 5.41 Å². The molecule has 114 valence electrons. The first kappa shape index (κ1) is 17.3. The molecule has 0 spiro atoms. The van der Waals surface area contributed by atoms with E-state index in [0.717, 1.165) is 34.4 Å². The molecule has 1 aromatic rings. The second-order valence-electron chi connectivity index (χ2n) is 6.04. The molecule has 4 heteroatoms. The molecule has 2 N–H and O–H groups in total. The molecule has 0 aliphatic carbocycles. The molecule has 0 saturated carbocycles. The van der Waals surface area contributed by atoms with E-state index in [-0.39, 0.29) is 5.41 Å². The Hall–Kier alpha value is -0.740. The molecule has 0 unspecified atom stereocenters. The van der Waals surface area contributed by atoms with Gasteiger partial charge in [0, 0.05) is 0 Å². The normalized spacial score (nSPS) is 11.5. The maximum Gasteiger partial charge on any atom is 0.175 e. The second kappa shape index (κ2) is 7.89. The molecule has 0 atom stereocenters. The van der Waals surface area contributed by atoms with E-state index in [1.807, 2.05) is 13.0 Å². The van der Waals surface area contributed by atoms with Crippen molar-refractivity contribution in [2.24, 2.45) is 11.1 Å². The van der Waals surface area contributed by atoms with E-state index in [1.165, 1.54) is 0 Å². The van der Waals surface area contributed by atoms with Crippen LogP contribution in [0.15, 0.2) is 16.6 Å². The van der Waals surface area contributed by atoms with Gasteiger partial charge in [-0.3, -0.25) is 0 Å². The largest absolute Gasteiger partial charge is 0.490 e. The lowest BCUT2D eigenvalue weighted by Gasteiger charge is -2.20. The summed E-state index contributed by atoms with van der Waals surface area (Å²) in [6, 6.07) is 4.08. The lowest BCUT2D eigenvalue weighted by atomic mass is 9.93. The predicted octanol–water partition coefficient (Wildman–Crippen LogP) is 4.16. The van der Waals surface area contributed by atoms with Gasteiger partial charge >= 0.3 is 0 Å². The van der Waals surface area contributed by atoms with Crippen molar-refractivity contribution in [1.82, 2.24) is 0 Å². The molecule has 0 heterocycles. The molecule has 0 amide bonds. The first-order valence-corrected chi connectivity index (χ1v) is 7.94. The van der Waals surface area contributed by atoms with Gasteiger partial charge in [-0.15, -0.1) is 0 Å². The van der Waals surface area contributed by atoms with Crippen LogP contribution in [0.1, 0.15) is 39.7 Å². The molecule has 0 radical (unpaired) electrons. The van der Waals surface area contributed by atoms with E-state index in [4.69, 9.17) is 15.2 Å². The average Bonchev–Trinajstić information content (AvgIpc) is 2.32. The summed E-state index contributed by atoms with van der Waals surface area (Å²) in [6.45, 7) is 10.5. The number of rotatable bonds is 7. The third-order valence-corrected chi connectivity index (χ3v) is 3.49. The third-order valence-electron chi connectivity index (χ3n) is 2.90. The van der Waals surface area contributed by atoms with Crippen molar-refractivity contribution in [3.8, 4) is 11.5 Å². The Kier molecular flexibility index (Phi) is 6.83. The molecular weight excluding hydrogens is 318 g/mol. The first-order chi connectivity index (χ1) is 9.37. The quantitative estimate of drug-likeness (QED) is 0.808. The van der Waals surface area contributed by atoms with Gasteiger partial charge in [0.15, 0.2) is 11.5 Å². The van der Waals surface area contributed by atoms with E-state index in [9.17, 15) is 0 Å². The van der Waals surface area contributed by atoms with Gasteiger partial charge in [0.05, 0.1) is 17.7 Å². The molecule has 0 aliphatic rings. The molecule has 1 rings (SSSR count). The molecule has 1 aromatic carbocycles. The second-order valence-corrected chi connectivity index (χ2v) is 6.89. The zero-order chi connectivity index (χ0) is 15.2. The molecule has 0 bridgehead atoms. The zero-order valence-corrected chi connectivity index (χ0v) is 14.5. The van der Waals surface area contributed by atoms with Crippen LogP contribution < -0.4 is 15.2 Å². The topological polar surface area (TPSA) is 44.5 Å². The minimum absolute atomic E-state index is 0.262. The fourth-order valence-corrected chi connectivity index (χ4v) is 2.40. The summed E-state index contributed by atoms with van der Waals surface area (Å²) in [5, 5.41) is 0. The summed E-state index contributed by atoms with van der Waals surface area (Å²) in [6.07, 6.45) is 1.83. The van der Waals surface area contributed by atoms with Crippen LogP contribution in [0.3, 0.4) is 0 Å². The molecular formula is C16H26BrNO2. The minimum atomic E-state index is 0.262. The third kappa shape index (κ3) is 5.71. The van der Waals surface area contributed by atoms with E-state index in [2.05, 4.69) is 42.8 Å². The Balaban J connectivity index is 2.87. The van der Waals surface area contributed by atoms with E-state index >= 15 is 0 Å². The molecule has 0 aromatic heterocycles. The molecule has 0 saturated heterocycles. The van der Waals surface area contributed by atoms with E-state index in [1.54, 1.807) is 0 Å². The maximum atomic E-state index is 5.93.